The van der Waals surface area contributed by atoms with E-state index in [4.69, 9.17) is 4.74 Å². The number of fused-ring (bicyclic) bond motifs is 1. The van der Waals surface area contributed by atoms with Gasteiger partial charge in [-0.05, 0) is 55.2 Å². The lowest BCUT2D eigenvalue weighted by Crippen LogP contribution is -2.36. The molecule has 2 heterocycles. The molecular weight excluding hydrogens is 414 g/mol. The second kappa shape index (κ2) is 7.72. The van der Waals surface area contributed by atoms with E-state index in [1.54, 1.807) is 6.92 Å². The first-order valence-corrected chi connectivity index (χ1v) is 9.61. The fourth-order valence-electron chi connectivity index (χ4n) is 3.78. The number of nitrogens with zero attached hydrogens (tertiary/aromatic N) is 3. The van der Waals surface area contributed by atoms with E-state index in [9.17, 15) is 22.4 Å². The van der Waals surface area contributed by atoms with Crippen LogP contribution in [0.2, 0.25) is 0 Å². The van der Waals surface area contributed by atoms with Crippen LogP contribution in [-0.2, 0) is 12.6 Å². The predicted octanol–water partition coefficient (Wildman–Crippen LogP) is 4.94. The molecule has 0 saturated carbocycles. The fourth-order valence-corrected chi connectivity index (χ4v) is 3.78. The van der Waals surface area contributed by atoms with E-state index in [2.05, 4.69) is 5.10 Å². The van der Waals surface area contributed by atoms with Crippen molar-refractivity contribution in [1.82, 2.24) is 9.78 Å². The molecule has 1 aliphatic rings. The summed E-state index contributed by atoms with van der Waals surface area (Å²) >= 11 is 0. The molecule has 0 bridgehead atoms. The van der Waals surface area contributed by atoms with Crippen LogP contribution in [0.3, 0.4) is 0 Å². The standard InChI is InChI=1S/C22H19F4N3O2/c1-13-9-14-5-4-8-28(20(14)17(23)10-13)21(30)19-18(31-2)12-29(27-19)16-7-3-6-15(11-16)22(24,25)26/h3,6-7,9-12H,4-5,8H2,1-2H3. The Balaban J connectivity index is 1.74. The van der Waals surface area contributed by atoms with Crippen molar-refractivity contribution in [1.29, 1.82) is 0 Å². The molecule has 31 heavy (non-hydrogen) atoms. The number of amides is 1. The molecule has 0 unspecified atom stereocenters. The molecule has 162 valence electrons. The van der Waals surface area contributed by atoms with E-state index in [0.29, 0.717) is 19.4 Å². The van der Waals surface area contributed by atoms with E-state index in [0.717, 1.165) is 27.9 Å². The van der Waals surface area contributed by atoms with Crippen LogP contribution >= 0.6 is 0 Å². The van der Waals surface area contributed by atoms with E-state index in [-0.39, 0.29) is 22.8 Å². The molecule has 2 aromatic carbocycles. The number of benzene rings is 2. The maximum atomic E-state index is 14.7. The zero-order valence-corrected chi connectivity index (χ0v) is 16.8. The molecule has 5 nitrogen and oxygen atoms in total. The summed E-state index contributed by atoms with van der Waals surface area (Å²) in [6.45, 7) is 2.08. The Morgan fingerprint density at radius 3 is 2.68 bits per heavy atom. The SMILES string of the molecule is COc1cn(-c2cccc(C(F)(F)F)c2)nc1C(=O)N1CCCc2cc(C)cc(F)c21. The summed E-state index contributed by atoms with van der Waals surface area (Å²) in [4.78, 5) is 14.6. The van der Waals surface area contributed by atoms with Crippen LogP contribution in [0.25, 0.3) is 5.69 Å². The lowest BCUT2D eigenvalue weighted by molar-refractivity contribution is -0.137. The van der Waals surface area contributed by atoms with E-state index in [1.165, 1.54) is 36.4 Å². The molecule has 4 rings (SSSR count). The number of rotatable bonds is 3. The highest BCUT2D eigenvalue weighted by atomic mass is 19.4. The second-order valence-corrected chi connectivity index (χ2v) is 7.35. The van der Waals surface area contributed by atoms with Crippen LogP contribution in [-0.4, -0.2) is 29.3 Å². The maximum Gasteiger partial charge on any atom is 0.416 e. The van der Waals surface area contributed by atoms with Crippen molar-refractivity contribution in [3.63, 3.8) is 0 Å². The van der Waals surface area contributed by atoms with Crippen LogP contribution in [0.1, 0.15) is 33.6 Å². The van der Waals surface area contributed by atoms with Crippen molar-refractivity contribution in [2.24, 2.45) is 0 Å². The van der Waals surface area contributed by atoms with Crippen molar-refractivity contribution in [3.8, 4) is 11.4 Å². The number of anilines is 1. The normalized spacial score (nSPS) is 13.8. The third kappa shape index (κ3) is 3.87. The first-order valence-electron chi connectivity index (χ1n) is 9.61. The molecule has 1 amide bonds. The van der Waals surface area contributed by atoms with Gasteiger partial charge in [-0.15, -0.1) is 0 Å². The number of carbonyl (C=O) groups is 1. The van der Waals surface area contributed by atoms with Gasteiger partial charge in [-0.1, -0.05) is 12.1 Å². The zero-order chi connectivity index (χ0) is 22.3. The highest BCUT2D eigenvalue weighted by molar-refractivity contribution is 6.07. The Morgan fingerprint density at radius 1 is 1.19 bits per heavy atom. The fraction of sp³-hybridized carbons (Fsp3) is 0.273. The molecule has 0 N–H and O–H groups in total. The quantitative estimate of drug-likeness (QED) is 0.550. The van der Waals surface area contributed by atoms with Gasteiger partial charge in [-0.3, -0.25) is 4.79 Å². The van der Waals surface area contributed by atoms with E-state index < -0.39 is 23.5 Å². The number of ether oxygens (including phenoxy) is 1. The highest BCUT2D eigenvalue weighted by Gasteiger charge is 2.32. The number of methoxy groups -OCH3 is 1. The third-order valence-electron chi connectivity index (χ3n) is 5.17. The molecule has 0 saturated heterocycles. The molecule has 0 aliphatic carbocycles. The molecule has 1 aliphatic heterocycles. The molecule has 3 aromatic rings. The number of halogens is 4. The van der Waals surface area contributed by atoms with Gasteiger partial charge in [-0.25, -0.2) is 9.07 Å². The van der Waals surface area contributed by atoms with Gasteiger partial charge in [0, 0.05) is 6.54 Å². The van der Waals surface area contributed by atoms with Crippen molar-refractivity contribution in [3.05, 3.63) is 70.8 Å². The number of aromatic nitrogens is 2. The molecule has 1 aromatic heterocycles. The van der Waals surface area contributed by atoms with Crippen LogP contribution in [0, 0.1) is 12.7 Å². The lowest BCUT2D eigenvalue weighted by atomic mass is 9.98. The van der Waals surface area contributed by atoms with Crippen LogP contribution in [0.4, 0.5) is 23.2 Å². The minimum Gasteiger partial charge on any atom is -0.493 e. The van der Waals surface area contributed by atoms with Crippen LogP contribution in [0.5, 0.6) is 5.75 Å². The Morgan fingerprint density at radius 2 is 1.97 bits per heavy atom. The Labute approximate surface area is 175 Å². The summed E-state index contributed by atoms with van der Waals surface area (Å²) in [7, 11) is 1.33. The monoisotopic (exact) mass is 433 g/mol. The molecule has 0 radical (unpaired) electrons. The van der Waals surface area contributed by atoms with Crippen molar-refractivity contribution in [2.75, 3.05) is 18.6 Å². The summed E-state index contributed by atoms with van der Waals surface area (Å²) in [5, 5.41) is 4.18. The van der Waals surface area contributed by atoms with E-state index in [1.807, 2.05) is 6.07 Å². The summed E-state index contributed by atoms with van der Waals surface area (Å²) in [5.41, 5.74) is 0.873. The van der Waals surface area contributed by atoms with Gasteiger partial charge in [0.05, 0.1) is 30.2 Å². The number of aryl methyl sites for hydroxylation is 2. The first-order chi connectivity index (χ1) is 14.7. The van der Waals surface area contributed by atoms with Crippen LogP contribution < -0.4 is 9.64 Å². The Kier molecular flexibility index (Phi) is 5.20. The Bertz CT molecular complexity index is 1150. The minimum atomic E-state index is -4.51. The molecule has 0 fully saturated rings. The van der Waals surface area contributed by atoms with Gasteiger partial charge in [0.2, 0.25) is 0 Å². The predicted molar refractivity (Wildman–Crippen MR) is 106 cm³/mol. The second-order valence-electron chi connectivity index (χ2n) is 7.35. The smallest absolute Gasteiger partial charge is 0.416 e. The van der Waals surface area contributed by atoms with E-state index >= 15 is 0 Å². The van der Waals surface area contributed by atoms with Gasteiger partial charge in [0.25, 0.3) is 5.91 Å². The summed E-state index contributed by atoms with van der Waals surface area (Å²) < 4.78 is 60.3. The number of hydrogen-bond acceptors (Lipinski definition) is 3. The largest absolute Gasteiger partial charge is 0.493 e. The maximum absolute atomic E-state index is 14.7. The van der Waals surface area contributed by atoms with Crippen molar-refractivity contribution < 1.29 is 27.1 Å². The summed E-state index contributed by atoms with van der Waals surface area (Å²) in [6.07, 6.45) is -1.88. The topological polar surface area (TPSA) is 47.4 Å². The van der Waals surface area contributed by atoms with Crippen LogP contribution in [0.15, 0.2) is 42.6 Å². The summed E-state index contributed by atoms with van der Waals surface area (Å²) in [6, 6.07) is 7.78. The zero-order valence-electron chi connectivity index (χ0n) is 16.8. The average Bonchev–Trinajstić information content (AvgIpc) is 3.16. The molecule has 9 heteroatoms. The number of hydrogen-bond donors (Lipinski definition) is 0. The first kappa shape index (κ1) is 20.9. The van der Waals surface area contributed by atoms with Gasteiger partial charge in [-0.2, -0.15) is 18.3 Å². The summed E-state index contributed by atoms with van der Waals surface area (Å²) in [5.74, 6) is -0.993. The van der Waals surface area contributed by atoms with Gasteiger partial charge in [0.15, 0.2) is 11.4 Å². The molecule has 0 atom stereocenters. The number of alkyl halides is 3. The van der Waals surface area contributed by atoms with Gasteiger partial charge >= 0.3 is 6.18 Å². The van der Waals surface area contributed by atoms with Crippen molar-refractivity contribution in [2.45, 2.75) is 25.9 Å². The Hall–Kier alpha value is -3.36. The number of carbonyl (C=O) groups excluding carboxylic acids is 1. The molecular formula is C22H19F4N3O2. The lowest BCUT2D eigenvalue weighted by Gasteiger charge is -2.29. The van der Waals surface area contributed by atoms with Crippen molar-refractivity contribution >= 4 is 11.6 Å². The minimum absolute atomic E-state index is 0.0852. The molecule has 0 spiro atoms. The van der Waals surface area contributed by atoms with Gasteiger partial charge < -0.3 is 9.64 Å². The van der Waals surface area contributed by atoms with Gasteiger partial charge in [0.1, 0.15) is 5.82 Å². The highest BCUT2D eigenvalue weighted by Crippen LogP contribution is 2.34. The third-order valence-corrected chi connectivity index (χ3v) is 5.17. The average molecular weight is 433 g/mol.